The Bertz CT molecular complexity index is 620. The van der Waals surface area contributed by atoms with Crippen molar-refractivity contribution in [2.45, 2.75) is 26.4 Å². The van der Waals surface area contributed by atoms with Crippen LogP contribution in [0.2, 0.25) is 0 Å². The van der Waals surface area contributed by atoms with Crippen LogP contribution in [-0.4, -0.2) is 31.7 Å². The zero-order chi connectivity index (χ0) is 14.5. The summed E-state index contributed by atoms with van der Waals surface area (Å²) in [4.78, 5) is 27.0. The molecule has 2 aromatic heterocycles. The van der Waals surface area contributed by atoms with Gasteiger partial charge in [0, 0.05) is 6.54 Å². The first kappa shape index (κ1) is 14.2. The van der Waals surface area contributed by atoms with Crippen LogP contribution in [0.1, 0.15) is 39.2 Å². The molecule has 0 unspecified atom stereocenters. The second-order valence-corrected chi connectivity index (χ2v) is 4.97. The Hall–Kier alpha value is -2.22. The van der Waals surface area contributed by atoms with Gasteiger partial charge in [-0.05, 0) is 17.9 Å². The maximum atomic E-state index is 12.0. The molecule has 0 spiro atoms. The van der Waals surface area contributed by atoms with Crippen LogP contribution >= 0.6 is 11.3 Å². The number of carboxylic acids is 1. The molecule has 0 aliphatic rings. The summed E-state index contributed by atoms with van der Waals surface area (Å²) in [7, 11) is 0. The van der Waals surface area contributed by atoms with E-state index in [1.165, 1.54) is 12.4 Å². The molecule has 2 heterocycles. The molecule has 0 saturated heterocycles. The first-order chi connectivity index (χ1) is 9.63. The zero-order valence-electron chi connectivity index (χ0n) is 10.9. The normalized spacial score (nSPS) is 10.4. The van der Waals surface area contributed by atoms with Crippen LogP contribution in [0.5, 0.6) is 0 Å². The van der Waals surface area contributed by atoms with E-state index in [1.807, 2.05) is 6.92 Å². The van der Waals surface area contributed by atoms with Gasteiger partial charge in [-0.1, -0.05) is 6.92 Å². The number of aryl methyl sites for hydroxylation is 1. The lowest BCUT2D eigenvalue weighted by Gasteiger charge is -2.06. The van der Waals surface area contributed by atoms with Crippen LogP contribution in [0.4, 0.5) is 0 Å². The number of aromatic carboxylic acids is 1. The van der Waals surface area contributed by atoms with Gasteiger partial charge >= 0.3 is 5.97 Å². The van der Waals surface area contributed by atoms with Crippen molar-refractivity contribution in [3.05, 3.63) is 34.0 Å². The number of amides is 1. The fraction of sp³-hybridized carbons (Fsp3) is 0.333. The van der Waals surface area contributed by atoms with Crippen molar-refractivity contribution in [2.24, 2.45) is 0 Å². The standard InChI is InChI=1S/C12H14N4O3S/c1-2-4-16-9(14-7-15-16)6-13-11(17)8-3-5-20-10(8)12(18)19/h3,5,7H,2,4,6H2,1H3,(H,13,17)(H,18,19). The minimum Gasteiger partial charge on any atom is -0.477 e. The average Bonchev–Trinajstić information content (AvgIpc) is 3.05. The molecule has 0 saturated carbocycles. The van der Waals surface area contributed by atoms with Gasteiger partial charge in [-0.15, -0.1) is 11.3 Å². The second-order valence-electron chi connectivity index (χ2n) is 4.05. The molecule has 1 amide bonds. The summed E-state index contributed by atoms with van der Waals surface area (Å²) in [5, 5.41) is 17.3. The Kier molecular flexibility index (Phi) is 4.46. The van der Waals surface area contributed by atoms with E-state index in [1.54, 1.807) is 10.1 Å². The van der Waals surface area contributed by atoms with Crippen LogP contribution in [0.25, 0.3) is 0 Å². The van der Waals surface area contributed by atoms with Crippen molar-refractivity contribution in [1.29, 1.82) is 0 Å². The number of carboxylic acid groups (broad SMARTS) is 1. The maximum absolute atomic E-state index is 12.0. The molecule has 0 radical (unpaired) electrons. The van der Waals surface area contributed by atoms with Gasteiger partial charge in [0.15, 0.2) is 0 Å². The summed E-state index contributed by atoms with van der Waals surface area (Å²) in [6.07, 6.45) is 2.35. The quantitative estimate of drug-likeness (QED) is 0.838. The van der Waals surface area contributed by atoms with Gasteiger partial charge in [-0.3, -0.25) is 4.79 Å². The van der Waals surface area contributed by atoms with E-state index in [0.717, 1.165) is 24.3 Å². The Morgan fingerprint density at radius 3 is 3.00 bits per heavy atom. The highest BCUT2D eigenvalue weighted by atomic mass is 32.1. The van der Waals surface area contributed by atoms with Crippen molar-refractivity contribution in [3.8, 4) is 0 Å². The predicted octanol–water partition coefficient (Wildman–Crippen LogP) is 1.38. The number of carbonyl (C=O) groups is 2. The van der Waals surface area contributed by atoms with E-state index in [9.17, 15) is 9.59 Å². The second kappa shape index (κ2) is 6.29. The topological polar surface area (TPSA) is 97.1 Å². The van der Waals surface area contributed by atoms with Crippen molar-refractivity contribution >= 4 is 23.2 Å². The fourth-order valence-corrected chi connectivity index (χ4v) is 2.46. The summed E-state index contributed by atoms with van der Waals surface area (Å²) >= 11 is 1.03. The van der Waals surface area contributed by atoms with E-state index in [4.69, 9.17) is 5.11 Å². The molecule has 20 heavy (non-hydrogen) atoms. The molecule has 0 aliphatic carbocycles. The zero-order valence-corrected chi connectivity index (χ0v) is 11.7. The van der Waals surface area contributed by atoms with Gasteiger partial charge < -0.3 is 10.4 Å². The number of hydrogen-bond donors (Lipinski definition) is 2. The van der Waals surface area contributed by atoms with Gasteiger partial charge in [0.25, 0.3) is 5.91 Å². The Morgan fingerprint density at radius 2 is 2.30 bits per heavy atom. The lowest BCUT2D eigenvalue weighted by Crippen LogP contribution is -2.26. The highest BCUT2D eigenvalue weighted by molar-refractivity contribution is 7.12. The number of carbonyl (C=O) groups excluding carboxylic acids is 1. The molecule has 0 bridgehead atoms. The molecule has 0 aliphatic heterocycles. The largest absolute Gasteiger partial charge is 0.477 e. The Morgan fingerprint density at radius 1 is 1.50 bits per heavy atom. The maximum Gasteiger partial charge on any atom is 0.346 e. The van der Waals surface area contributed by atoms with Crippen LogP contribution in [0.3, 0.4) is 0 Å². The van der Waals surface area contributed by atoms with Crippen LogP contribution < -0.4 is 5.32 Å². The van der Waals surface area contributed by atoms with Gasteiger partial charge in [0.2, 0.25) is 0 Å². The minimum atomic E-state index is -1.10. The summed E-state index contributed by atoms with van der Waals surface area (Å²) in [6.45, 7) is 2.96. The molecular formula is C12H14N4O3S. The SMILES string of the molecule is CCCn1ncnc1CNC(=O)c1ccsc1C(=O)O. The number of thiophene rings is 1. The van der Waals surface area contributed by atoms with Gasteiger partial charge in [0.1, 0.15) is 17.0 Å². The molecule has 2 aromatic rings. The molecule has 8 heteroatoms. The summed E-state index contributed by atoms with van der Waals surface area (Å²) < 4.78 is 1.71. The number of rotatable bonds is 6. The lowest BCUT2D eigenvalue weighted by molar-refractivity contribution is 0.0696. The van der Waals surface area contributed by atoms with E-state index in [-0.39, 0.29) is 17.0 Å². The third-order valence-corrected chi connectivity index (χ3v) is 3.54. The van der Waals surface area contributed by atoms with E-state index in [0.29, 0.717) is 5.82 Å². The Balaban J connectivity index is 2.03. The molecule has 2 rings (SSSR count). The van der Waals surface area contributed by atoms with Crippen molar-refractivity contribution in [3.63, 3.8) is 0 Å². The average molecular weight is 294 g/mol. The number of nitrogens with one attached hydrogen (secondary N) is 1. The first-order valence-electron chi connectivity index (χ1n) is 6.09. The Labute approximate surface area is 119 Å². The molecule has 0 atom stereocenters. The van der Waals surface area contributed by atoms with E-state index < -0.39 is 11.9 Å². The number of aromatic nitrogens is 3. The van der Waals surface area contributed by atoms with Crippen LogP contribution in [-0.2, 0) is 13.1 Å². The number of hydrogen-bond acceptors (Lipinski definition) is 5. The van der Waals surface area contributed by atoms with E-state index in [2.05, 4.69) is 15.4 Å². The van der Waals surface area contributed by atoms with Gasteiger partial charge in [-0.2, -0.15) is 5.10 Å². The van der Waals surface area contributed by atoms with Crippen LogP contribution in [0, 0.1) is 0 Å². The molecule has 2 N–H and O–H groups in total. The molecule has 0 aromatic carbocycles. The molecular weight excluding hydrogens is 280 g/mol. The fourth-order valence-electron chi connectivity index (χ4n) is 1.73. The van der Waals surface area contributed by atoms with Gasteiger partial charge in [0.05, 0.1) is 12.1 Å². The monoisotopic (exact) mass is 294 g/mol. The minimum absolute atomic E-state index is 0.0394. The van der Waals surface area contributed by atoms with Crippen molar-refractivity contribution < 1.29 is 14.7 Å². The third-order valence-electron chi connectivity index (χ3n) is 2.64. The summed E-state index contributed by atoms with van der Waals surface area (Å²) in [5.41, 5.74) is 0.170. The highest BCUT2D eigenvalue weighted by Gasteiger charge is 2.18. The lowest BCUT2D eigenvalue weighted by atomic mass is 10.2. The summed E-state index contributed by atoms with van der Waals surface area (Å²) in [6, 6.07) is 1.50. The molecule has 106 valence electrons. The van der Waals surface area contributed by atoms with E-state index >= 15 is 0 Å². The summed E-state index contributed by atoms with van der Waals surface area (Å²) in [5.74, 6) is -0.874. The highest BCUT2D eigenvalue weighted by Crippen LogP contribution is 2.16. The first-order valence-corrected chi connectivity index (χ1v) is 6.97. The van der Waals surface area contributed by atoms with Crippen molar-refractivity contribution in [2.75, 3.05) is 0 Å². The van der Waals surface area contributed by atoms with Gasteiger partial charge in [-0.25, -0.2) is 14.5 Å². The molecule has 7 nitrogen and oxygen atoms in total. The number of nitrogens with zero attached hydrogens (tertiary/aromatic N) is 3. The predicted molar refractivity (Wildman–Crippen MR) is 72.8 cm³/mol. The molecule has 0 fully saturated rings. The third kappa shape index (κ3) is 3.02. The smallest absolute Gasteiger partial charge is 0.346 e. The van der Waals surface area contributed by atoms with Crippen LogP contribution in [0.15, 0.2) is 17.8 Å². The van der Waals surface area contributed by atoms with Crippen molar-refractivity contribution in [1.82, 2.24) is 20.1 Å².